The van der Waals surface area contributed by atoms with Crippen LogP contribution in [0.4, 0.5) is 0 Å². The minimum atomic E-state index is -3.45. The second kappa shape index (κ2) is 7.62. The number of aliphatic hydroxyl groups excluding tert-OH is 1. The summed E-state index contributed by atoms with van der Waals surface area (Å²) in [5.74, 6) is 0.651. The summed E-state index contributed by atoms with van der Waals surface area (Å²) in [5, 5.41) is 9.01. The third kappa shape index (κ3) is 5.72. The zero-order valence-corrected chi connectivity index (χ0v) is 12.4. The van der Waals surface area contributed by atoms with Crippen LogP contribution >= 0.6 is 0 Å². The standard InChI is InChI=1S/C14H23NO3S/c1-12(2)6-3-4-9-15-19(17,18)14-8-5-7-13(10-14)11-16/h5,7-8,10,12,15-16H,3-4,6,9,11H2,1-2H3. The third-order valence-corrected chi connectivity index (χ3v) is 4.35. The second-order valence-electron chi connectivity index (χ2n) is 5.09. The van der Waals surface area contributed by atoms with Crippen LogP contribution in [0.25, 0.3) is 0 Å². The first-order chi connectivity index (χ1) is 8.95. The molecule has 0 fully saturated rings. The summed E-state index contributed by atoms with van der Waals surface area (Å²) in [6.45, 7) is 4.62. The Hall–Kier alpha value is -0.910. The van der Waals surface area contributed by atoms with Gasteiger partial charge in [-0.2, -0.15) is 0 Å². The maximum atomic E-state index is 12.0. The minimum absolute atomic E-state index is 0.155. The van der Waals surface area contributed by atoms with Gasteiger partial charge in [0, 0.05) is 6.54 Å². The predicted molar refractivity (Wildman–Crippen MR) is 76.2 cm³/mol. The molecule has 19 heavy (non-hydrogen) atoms. The summed E-state index contributed by atoms with van der Waals surface area (Å²) >= 11 is 0. The van der Waals surface area contributed by atoms with Gasteiger partial charge in [0.05, 0.1) is 11.5 Å². The first-order valence-corrected chi connectivity index (χ1v) is 8.13. The molecular weight excluding hydrogens is 262 g/mol. The fourth-order valence-corrected chi connectivity index (χ4v) is 2.92. The molecule has 0 atom stereocenters. The molecule has 1 aromatic carbocycles. The predicted octanol–water partition coefficient (Wildman–Crippen LogP) is 2.28. The average Bonchev–Trinajstić information content (AvgIpc) is 2.38. The van der Waals surface area contributed by atoms with Gasteiger partial charge in [0.1, 0.15) is 0 Å². The average molecular weight is 285 g/mol. The Morgan fingerprint density at radius 1 is 1.26 bits per heavy atom. The molecule has 2 N–H and O–H groups in total. The molecule has 5 heteroatoms. The van der Waals surface area contributed by atoms with Gasteiger partial charge in [-0.3, -0.25) is 0 Å². The fourth-order valence-electron chi connectivity index (χ4n) is 1.78. The van der Waals surface area contributed by atoms with Gasteiger partial charge in [0.25, 0.3) is 0 Å². The lowest BCUT2D eigenvalue weighted by molar-refractivity contribution is 0.281. The molecule has 0 aliphatic rings. The lowest BCUT2D eigenvalue weighted by atomic mass is 10.1. The highest BCUT2D eigenvalue weighted by Crippen LogP contribution is 2.12. The number of sulfonamides is 1. The number of aliphatic hydroxyl groups is 1. The number of unbranched alkanes of at least 4 members (excludes halogenated alkanes) is 1. The van der Waals surface area contributed by atoms with E-state index in [9.17, 15) is 8.42 Å². The lowest BCUT2D eigenvalue weighted by Gasteiger charge is -2.08. The van der Waals surface area contributed by atoms with E-state index in [1.165, 1.54) is 12.1 Å². The van der Waals surface area contributed by atoms with Crippen molar-refractivity contribution < 1.29 is 13.5 Å². The Labute approximate surface area is 115 Å². The van der Waals surface area contributed by atoms with Crippen molar-refractivity contribution >= 4 is 10.0 Å². The van der Waals surface area contributed by atoms with Gasteiger partial charge in [-0.05, 0) is 30.0 Å². The summed E-state index contributed by atoms with van der Waals surface area (Å²) in [5.41, 5.74) is 0.600. The molecule has 0 saturated heterocycles. The number of hydrogen-bond acceptors (Lipinski definition) is 3. The molecule has 4 nitrogen and oxygen atoms in total. The van der Waals surface area contributed by atoms with Crippen molar-refractivity contribution in [3.8, 4) is 0 Å². The van der Waals surface area contributed by atoms with Crippen LogP contribution in [-0.4, -0.2) is 20.1 Å². The van der Waals surface area contributed by atoms with Gasteiger partial charge in [0.2, 0.25) is 10.0 Å². The molecule has 0 amide bonds. The Kier molecular flexibility index (Phi) is 6.48. The molecule has 1 rings (SSSR count). The first-order valence-electron chi connectivity index (χ1n) is 6.65. The molecule has 108 valence electrons. The van der Waals surface area contributed by atoms with Crippen molar-refractivity contribution in [3.63, 3.8) is 0 Å². The van der Waals surface area contributed by atoms with Gasteiger partial charge in [-0.25, -0.2) is 13.1 Å². The van der Waals surface area contributed by atoms with E-state index in [1.807, 2.05) is 0 Å². The monoisotopic (exact) mass is 285 g/mol. The molecule has 0 saturated carbocycles. The normalized spacial score (nSPS) is 12.0. The molecule has 0 radical (unpaired) electrons. The molecule has 0 spiro atoms. The number of benzene rings is 1. The van der Waals surface area contributed by atoms with Crippen molar-refractivity contribution in [3.05, 3.63) is 29.8 Å². The molecule has 0 heterocycles. The van der Waals surface area contributed by atoms with Crippen LogP contribution < -0.4 is 4.72 Å². The summed E-state index contributed by atoms with van der Waals surface area (Å²) in [6.07, 6.45) is 2.98. The first kappa shape index (κ1) is 16.1. The highest BCUT2D eigenvalue weighted by Gasteiger charge is 2.13. The largest absolute Gasteiger partial charge is 0.392 e. The van der Waals surface area contributed by atoms with Crippen molar-refractivity contribution in [2.75, 3.05) is 6.54 Å². The van der Waals surface area contributed by atoms with Gasteiger partial charge >= 0.3 is 0 Å². The van der Waals surface area contributed by atoms with Gasteiger partial charge in [0.15, 0.2) is 0 Å². The molecule has 0 aromatic heterocycles. The molecule has 0 bridgehead atoms. The Morgan fingerprint density at radius 3 is 2.63 bits per heavy atom. The zero-order valence-electron chi connectivity index (χ0n) is 11.6. The second-order valence-corrected chi connectivity index (χ2v) is 6.86. The molecule has 0 aliphatic carbocycles. The molecule has 0 aliphatic heterocycles. The van der Waals surface area contributed by atoms with Crippen LogP contribution in [0.15, 0.2) is 29.2 Å². The van der Waals surface area contributed by atoms with E-state index in [0.717, 1.165) is 19.3 Å². The van der Waals surface area contributed by atoms with E-state index in [-0.39, 0.29) is 11.5 Å². The smallest absolute Gasteiger partial charge is 0.240 e. The van der Waals surface area contributed by atoms with Crippen LogP contribution in [0.2, 0.25) is 0 Å². The third-order valence-electron chi connectivity index (χ3n) is 2.89. The van der Waals surface area contributed by atoms with Crippen molar-refractivity contribution in [1.29, 1.82) is 0 Å². The summed E-state index contributed by atoms with van der Waals surface area (Å²) in [7, 11) is -3.45. The van der Waals surface area contributed by atoms with Crippen molar-refractivity contribution in [1.82, 2.24) is 4.72 Å². The molecule has 0 unspecified atom stereocenters. The van der Waals surface area contributed by atoms with Crippen molar-refractivity contribution in [2.45, 2.75) is 44.6 Å². The zero-order chi connectivity index (χ0) is 14.3. The van der Waals surface area contributed by atoms with Crippen LogP contribution in [0.3, 0.4) is 0 Å². The Bertz CT molecular complexity index is 483. The van der Waals surface area contributed by atoms with E-state index in [1.54, 1.807) is 12.1 Å². The van der Waals surface area contributed by atoms with Crippen LogP contribution in [0.1, 0.15) is 38.7 Å². The van der Waals surface area contributed by atoms with Crippen LogP contribution in [-0.2, 0) is 16.6 Å². The summed E-state index contributed by atoms with van der Waals surface area (Å²) in [4.78, 5) is 0.211. The van der Waals surface area contributed by atoms with Crippen LogP contribution in [0.5, 0.6) is 0 Å². The summed E-state index contributed by atoms with van der Waals surface area (Å²) in [6, 6.07) is 6.37. The maximum Gasteiger partial charge on any atom is 0.240 e. The van der Waals surface area contributed by atoms with Crippen molar-refractivity contribution in [2.24, 2.45) is 5.92 Å². The fraction of sp³-hybridized carbons (Fsp3) is 0.571. The SMILES string of the molecule is CC(C)CCCCNS(=O)(=O)c1cccc(CO)c1. The van der Waals surface area contributed by atoms with Gasteiger partial charge in [-0.1, -0.05) is 38.8 Å². The van der Waals surface area contributed by atoms with Gasteiger partial charge < -0.3 is 5.11 Å². The Morgan fingerprint density at radius 2 is 2.00 bits per heavy atom. The Balaban J connectivity index is 2.51. The lowest BCUT2D eigenvalue weighted by Crippen LogP contribution is -2.25. The van der Waals surface area contributed by atoms with E-state index in [0.29, 0.717) is 18.0 Å². The van der Waals surface area contributed by atoms with E-state index in [4.69, 9.17) is 5.11 Å². The number of hydrogen-bond donors (Lipinski definition) is 2. The quantitative estimate of drug-likeness (QED) is 0.720. The summed E-state index contributed by atoms with van der Waals surface area (Å²) < 4.78 is 26.6. The highest BCUT2D eigenvalue weighted by molar-refractivity contribution is 7.89. The maximum absolute atomic E-state index is 12.0. The number of nitrogens with one attached hydrogen (secondary N) is 1. The van der Waals surface area contributed by atoms with Crippen LogP contribution in [0, 0.1) is 5.92 Å². The number of rotatable bonds is 8. The molecular formula is C14H23NO3S. The van der Waals surface area contributed by atoms with E-state index >= 15 is 0 Å². The van der Waals surface area contributed by atoms with E-state index < -0.39 is 10.0 Å². The highest BCUT2D eigenvalue weighted by atomic mass is 32.2. The van der Waals surface area contributed by atoms with Gasteiger partial charge in [-0.15, -0.1) is 0 Å². The molecule has 1 aromatic rings. The van der Waals surface area contributed by atoms with E-state index in [2.05, 4.69) is 18.6 Å². The minimum Gasteiger partial charge on any atom is -0.392 e. The topological polar surface area (TPSA) is 66.4 Å².